The highest BCUT2D eigenvalue weighted by Gasteiger charge is 2.17. The third-order valence-corrected chi connectivity index (χ3v) is 3.98. The molecule has 1 heterocycles. The molecule has 1 aromatic heterocycles. The highest BCUT2D eigenvalue weighted by atomic mass is 15.0. The van der Waals surface area contributed by atoms with Gasteiger partial charge in [0.15, 0.2) is 0 Å². The van der Waals surface area contributed by atoms with Crippen molar-refractivity contribution in [3.8, 4) is 0 Å². The molecule has 3 nitrogen and oxygen atoms in total. The highest BCUT2D eigenvalue weighted by molar-refractivity contribution is 5.43. The maximum atomic E-state index is 4.52. The minimum Gasteiger partial charge on any atom is -0.370 e. The first kappa shape index (κ1) is 18.0. The van der Waals surface area contributed by atoms with E-state index < -0.39 is 0 Å². The van der Waals surface area contributed by atoms with Gasteiger partial charge in [-0.05, 0) is 36.3 Å². The van der Waals surface area contributed by atoms with Crippen molar-refractivity contribution in [3.63, 3.8) is 0 Å². The monoisotopic (exact) mass is 291 g/mol. The zero-order chi connectivity index (χ0) is 15.8. The van der Waals surface area contributed by atoms with Crippen LogP contribution < -0.4 is 10.6 Å². The number of hydrogen-bond acceptors (Lipinski definition) is 3. The first-order valence-electron chi connectivity index (χ1n) is 8.30. The van der Waals surface area contributed by atoms with Crippen LogP contribution in [0.1, 0.15) is 47.1 Å². The molecule has 0 aliphatic rings. The Morgan fingerprint density at radius 3 is 2.24 bits per heavy atom. The number of hydrogen-bond donors (Lipinski definition) is 2. The zero-order valence-electron chi connectivity index (χ0n) is 14.6. The smallest absolute Gasteiger partial charge is 0.130 e. The van der Waals surface area contributed by atoms with Crippen LogP contribution in [-0.2, 0) is 6.54 Å². The van der Waals surface area contributed by atoms with Crippen molar-refractivity contribution in [1.82, 2.24) is 10.3 Å². The molecule has 0 atom stereocenters. The Kier molecular flexibility index (Phi) is 7.73. The van der Waals surface area contributed by atoms with Crippen molar-refractivity contribution < 1.29 is 0 Å². The summed E-state index contributed by atoms with van der Waals surface area (Å²) in [5.41, 5.74) is 1.25. The summed E-state index contributed by atoms with van der Waals surface area (Å²) < 4.78 is 0. The summed E-state index contributed by atoms with van der Waals surface area (Å²) in [5.74, 6) is 3.74. The fourth-order valence-corrected chi connectivity index (χ4v) is 2.69. The minimum atomic E-state index is 0.670. The van der Waals surface area contributed by atoms with E-state index in [9.17, 15) is 0 Å². The quantitative estimate of drug-likeness (QED) is 0.717. The Morgan fingerprint density at radius 2 is 1.67 bits per heavy atom. The largest absolute Gasteiger partial charge is 0.370 e. The first-order chi connectivity index (χ1) is 9.91. The molecule has 0 aliphatic heterocycles. The molecular formula is C18H33N3. The summed E-state index contributed by atoms with van der Waals surface area (Å²) in [4.78, 5) is 4.52. The van der Waals surface area contributed by atoms with Crippen LogP contribution in [0.2, 0.25) is 0 Å². The molecule has 1 rings (SSSR count). The predicted octanol–water partition coefficient (Wildman–Crippen LogP) is 4.17. The van der Waals surface area contributed by atoms with Crippen LogP contribution in [0.15, 0.2) is 18.3 Å². The van der Waals surface area contributed by atoms with E-state index in [1.54, 1.807) is 0 Å². The maximum Gasteiger partial charge on any atom is 0.130 e. The molecule has 0 saturated carbocycles. The summed E-state index contributed by atoms with van der Waals surface area (Å²) in [7, 11) is 0. The molecule has 0 aliphatic carbocycles. The molecule has 0 unspecified atom stereocenters. The molecule has 0 amide bonds. The number of pyridine rings is 1. The lowest BCUT2D eigenvalue weighted by molar-refractivity contribution is 0.304. The molecule has 0 spiro atoms. The maximum absolute atomic E-state index is 4.52. The van der Waals surface area contributed by atoms with Crippen molar-refractivity contribution in [2.24, 2.45) is 23.7 Å². The lowest BCUT2D eigenvalue weighted by atomic mass is 9.85. The topological polar surface area (TPSA) is 37.0 Å². The molecule has 0 radical (unpaired) electrons. The number of rotatable bonds is 9. The fraction of sp³-hybridized carbons (Fsp3) is 0.722. The van der Waals surface area contributed by atoms with Gasteiger partial charge in [-0.25, -0.2) is 4.98 Å². The summed E-state index contributed by atoms with van der Waals surface area (Å²) >= 11 is 0. The lowest BCUT2D eigenvalue weighted by Gasteiger charge is -2.25. The van der Waals surface area contributed by atoms with Crippen LogP contribution in [-0.4, -0.2) is 18.1 Å². The normalized spacial score (nSPS) is 11.9. The Labute approximate surface area is 130 Å². The highest BCUT2D eigenvalue weighted by Crippen LogP contribution is 2.21. The molecular weight excluding hydrogens is 258 g/mol. The summed E-state index contributed by atoms with van der Waals surface area (Å²) in [6.07, 6.45) is 1.87. The van der Waals surface area contributed by atoms with E-state index in [0.29, 0.717) is 23.7 Å². The van der Waals surface area contributed by atoms with Gasteiger partial charge in [-0.1, -0.05) is 47.6 Å². The molecule has 0 aromatic carbocycles. The average molecular weight is 291 g/mol. The molecule has 2 N–H and O–H groups in total. The van der Waals surface area contributed by atoms with Gasteiger partial charge in [-0.3, -0.25) is 0 Å². The second-order valence-corrected chi connectivity index (χ2v) is 7.07. The molecule has 0 fully saturated rings. The standard InChI is InChI=1S/C18H33N3/c1-13(2)10-19-11-16-8-7-9-20-18(16)21-12-17(14(3)4)15(5)6/h7-9,13-15,17,19H,10-12H2,1-6H3,(H,20,21). The fourth-order valence-electron chi connectivity index (χ4n) is 2.69. The SMILES string of the molecule is CC(C)CNCc1cccnc1NCC(C(C)C)C(C)C. The molecule has 1 aromatic rings. The van der Waals surface area contributed by atoms with E-state index in [0.717, 1.165) is 25.5 Å². The van der Waals surface area contributed by atoms with Crippen LogP contribution in [0.5, 0.6) is 0 Å². The van der Waals surface area contributed by atoms with E-state index in [-0.39, 0.29) is 0 Å². The summed E-state index contributed by atoms with van der Waals surface area (Å²) in [5, 5.41) is 7.06. The van der Waals surface area contributed by atoms with Crippen LogP contribution in [0.3, 0.4) is 0 Å². The minimum absolute atomic E-state index is 0.670. The molecule has 120 valence electrons. The van der Waals surface area contributed by atoms with Crippen LogP contribution >= 0.6 is 0 Å². The van der Waals surface area contributed by atoms with Gasteiger partial charge in [-0.15, -0.1) is 0 Å². The van der Waals surface area contributed by atoms with Crippen LogP contribution in [0.4, 0.5) is 5.82 Å². The number of anilines is 1. The van der Waals surface area contributed by atoms with Gasteiger partial charge >= 0.3 is 0 Å². The van der Waals surface area contributed by atoms with E-state index in [2.05, 4.69) is 63.2 Å². The van der Waals surface area contributed by atoms with Gasteiger partial charge < -0.3 is 10.6 Å². The average Bonchev–Trinajstić information content (AvgIpc) is 2.39. The second-order valence-electron chi connectivity index (χ2n) is 7.07. The third kappa shape index (κ3) is 6.47. The van der Waals surface area contributed by atoms with Gasteiger partial charge in [0.05, 0.1) is 0 Å². The second kappa shape index (κ2) is 9.04. The third-order valence-electron chi connectivity index (χ3n) is 3.98. The van der Waals surface area contributed by atoms with Crippen molar-refractivity contribution in [1.29, 1.82) is 0 Å². The molecule has 3 heteroatoms. The van der Waals surface area contributed by atoms with Gasteiger partial charge in [0.25, 0.3) is 0 Å². The van der Waals surface area contributed by atoms with E-state index in [1.807, 2.05) is 12.3 Å². The zero-order valence-corrected chi connectivity index (χ0v) is 14.6. The van der Waals surface area contributed by atoms with E-state index in [1.165, 1.54) is 5.56 Å². The van der Waals surface area contributed by atoms with Gasteiger partial charge in [0.2, 0.25) is 0 Å². The Morgan fingerprint density at radius 1 is 1.00 bits per heavy atom. The number of nitrogens with one attached hydrogen (secondary N) is 2. The lowest BCUT2D eigenvalue weighted by Crippen LogP contribution is -2.26. The van der Waals surface area contributed by atoms with Gasteiger partial charge in [0, 0.05) is 24.8 Å². The van der Waals surface area contributed by atoms with E-state index in [4.69, 9.17) is 0 Å². The summed E-state index contributed by atoms with van der Waals surface area (Å²) in [6.45, 7) is 16.6. The number of nitrogens with zero attached hydrogens (tertiary/aromatic N) is 1. The Bertz CT molecular complexity index is 391. The van der Waals surface area contributed by atoms with Gasteiger partial charge in [-0.2, -0.15) is 0 Å². The molecule has 0 bridgehead atoms. The first-order valence-corrected chi connectivity index (χ1v) is 8.30. The van der Waals surface area contributed by atoms with Crippen LogP contribution in [0.25, 0.3) is 0 Å². The van der Waals surface area contributed by atoms with Crippen molar-refractivity contribution in [2.75, 3.05) is 18.4 Å². The molecule has 0 saturated heterocycles. The predicted molar refractivity (Wildman–Crippen MR) is 92.4 cm³/mol. The number of aromatic nitrogens is 1. The molecule has 21 heavy (non-hydrogen) atoms. The summed E-state index contributed by atoms with van der Waals surface area (Å²) in [6, 6.07) is 4.17. The van der Waals surface area contributed by atoms with E-state index >= 15 is 0 Å². The van der Waals surface area contributed by atoms with Crippen molar-refractivity contribution in [2.45, 2.75) is 48.1 Å². The Hall–Kier alpha value is -1.09. The van der Waals surface area contributed by atoms with Crippen LogP contribution in [0, 0.1) is 23.7 Å². The van der Waals surface area contributed by atoms with Crippen molar-refractivity contribution in [3.05, 3.63) is 23.9 Å². The Balaban J connectivity index is 2.61. The van der Waals surface area contributed by atoms with Gasteiger partial charge in [0.1, 0.15) is 5.82 Å². The van der Waals surface area contributed by atoms with Crippen molar-refractivity contribution >= 4 is 5.82 Å².